The highest BCUT2D eigenvalue weighted by Crippen LogP contribution is 2.07. The summed E-state index contributed by atoms with van der Waals surface area (Å²) < 4.78 is 7.18. The van der Waals surface area contributed by atoms with Gasteiger partial charge in [-0.05, 0) is 40.2 Å². The standard InChI is InChI=1S/C14H25N3O2/c1-5-8-15-13(14(18)19-6-2)7-9-17-10-16-11(3)12(17)4/h10,13,15H,5-9H2,1-4H3. The third-order valence-corrected chi connectivity index (χ3v) is 3.22. The van der Waals surface area contributed by atoms with Crippen LogP contribution in [0.25, 0.3) is 0 Å². The van der Waals surface area contributed by atoms with Crippen LogP contribution in [0.1, 0.15) is 38.1 Å². The first-order valence-corrected chi connectivity index (χ1v) is 6.98. The lowest BCUT2D eigenvalue weighted by Gasteiger charge is -2.17. The Labute approximate surface area is 115 Å². The Morgan fingerprint density at radius 3 is 2.74 bits per heavy atom. The van der Waals surface area contributed by atoms with Crippen LogP contribution in [-0.2, 0) is 16.1 Å². The summed E-state index contributed by atoms with van der Waals surface area (Å²) in [7, 11) is 0. The zero-order valence-corrected chi connectivity index (χ0v) is 12.4. The van der Waals surface area contributed by atoms with Gasteiger partial charge in [0.2, 0.25) is 0 Å². The summed E-state index contributed by atoms with van der Waals surface area (Å²) in [6.07, 6.45) is 3.54. The Bertz CT molecular complexity index is 401. The predicted molar refractivity (Wildman–Crippen MR) is 75.0 cm³/mol. The molecule has 1 aromatic heterocycles. The fraction of sp³-hybridized carbons (Fsp3) is 0.714. The number of esters is 1. The van der Waals surface area contributed by atoms with Gasteiger partial charge in [-0.25, -0.2) is 4.98 Å². The van der Waals surface area contributed by atoms with Gasteiger partial charge in [-0.2, -0.15) is 0 Å². The molecule has 0 bridgehead atoms. The van der Waals surface area contributed by atoms with E-state index in [0.29, 0.717) is 6.61 Å². The average molecular weight is 267 g/mol. The van der Waals surface area contributed by atoms with Gasteiger partial charge in [0, 0.05) is 12.2 Å². The maximum atomic E-state index is 11.9. The maximum absolute atomic E-state index is 11.9. The summed E-state index contributed by atoms with van der Waals surface area (Å²) >= 11 is 0. The van der Waals surface area contributed by atoms with Crippen LogP contribution >= 0.6 is 0 Å². The third kappa shape index (κ3) is 4.67. The van der Waals surface area contributed by atoms with Gasteiger partial charge in [-0.15, -0.1) is 0 Å². The number of aromatic nitrogens is 2. The van der Waals surface area contributed by atoms with Crippen molar-refractivity contribution in [3.05, 3.63) is 17.7 Å². The van der Waals surface area contributed by atoms with E-state index in [1.165, 1.54) is 0 Å². The molecule has 108 valence electrons. The Balaban J connectivity index is 2.56. The average Bonchev–Trinajstić information content (AvgIpc) is 2.70. The molecule has 5 nitrogen and oxygen atoms in total. The van der Waals surface area contributed by atoms with Crippen LogP contribution in [0.3, 0.4) is 0 Å². The lowest BCUT2D eigenvalue weighted by molar-refractivity contribution is -0.145. The van der Waals surface area contributed by atoms with Gasteiger partial charge >= 0.3 is 5.97 Å². The van der Waals surface area contributed by atoms with E-state index < -0.39 is 0 Å². The first-order valence-electron chi connectivity index (χ1n) is 6.98. The topological polar surface area (TPSA) is 56.2 Å². The van der Waals surface area contributed by atoms with E-state index >= 15 is 0 Å². The summed E-state index contributed by atoms with van der Waals surface area (Å²) in [4.78, 5) is 16.1. The molecule has 1 N–H and O–H groups in total. The Morgan fingerprint density at radius 2 is 2.21 bits per heavy atom. The molecule has 1 heterocycles. The minimum absolute atomic E-state index is 0.162. The lowest BCUT2D eigenvalue weighted by Crippen LogP contribution is -2.39. The molecule has 0 radical (unpaired) electrons. The van der Waals surface area contributed by atoms with Gasteiger partial charge in [0.05, 0.1) is 18.6 Å². The predicted octanol–water partition coefficient (Wildman–Crippen LogP) is 1.82. The fourth-order valence-corrected chi connectivity index (χ4v) is 1.90. The van der Waals surface area contributed by atoms with Crippen LogP contribution in [0.2, 0.25) is 0 Å². The number of ether oxygens (including phenoxy) is 1. The molecule has 0 aliphatic carbocycles. The summed E-state index contributed by atoms with van der Waals surface area (Å²) in [5, 5.41) is 3.24. The number of rotatable bonds is 8. The monoisotopic (exact) mass is 267 g/mol. The second kappa shape index (κ2) is 7.94. The Morgan fingerprint density at radius 1 is 1.47 bits per heavy atom. The Hall–Kier alpha value is -1.36. The Kier molecular flexibility index (Phi) is 6.56. The molecule has 0 aliphatic rings. The summed E-state index contributed by atoms with van der Waals surface area (Å²) in [5.41, 5.74) is 2.19. The van der Waals surface area contributed by atoms with E-state index in [1.807, 2.05) is 27.1 Å². The van der Waals surface area contributed by atoms with Crippen molar-refractivity contribution in [3.63, 3.8) is 0 Å². The van der Waals surface area contributed by atoms with Gasteiger partial charge in [0.1, 0.15) is 6.04 Å². The molecule has 1 unspecified atom stereocenters. The molecule has 19 heavy (non-hydrogen) atoms. The zero-order chi connectivity index (χ0) is 14.3. The van der Waals surface area contributed by atoms with Crippen molar-refractivity contribution in [1.82, 2.24) is 14.9 Å². The number of imidazole rings is 1. The molecular weight excluding hydrogens is 242 g/mol. The largest absolute Gasteiger partial charge is 0.465 e. The lowest BCUT2D eigenvalue weighted by atomic mass is 10.2. The van der Waals surface area contributed by atoms with E-state index in [0.717, 1.165) is 37.3 Å². The van der Waals surface area contributed by atoms with Crippen molar-refractivity contribution >= 4 is 5.97 Å². The molecule has 1 aromatic rings. The number of carbonyl (C=O) groups is 1. The van der Waals surface area contributed by atoms with Crippen LogP contribution in [0.15, 0.2) is 6.33 Å². The van der Waals surface area contributed by atoms with Gasteiger partial charge in [0.25, 0.3) is 0 Å². The smallest absolute Gasteiger partial charge is 0.323 e. The summed E-state index contributed by atoms with van der Waals surface area (Å²) in [5.74, 6) is -0.162. The van der Waals surface area contributed by atoms with E-state index in [-0.39, 0.29) is 12.0 Å². The third-order valence-electron chi connectivity index (χ3n) is 3.22. The number of nitrogens with one attached hydrogen (secondary N) is 1. The quantitative estimate of drug-likeness (QED) is 0.730. The zero-order valence-electron chi connectivity index (χ0n) is 12.4. The molecule has 0 amide bonds. The van der Waals surface area contributed by atoms with Crippen molar-refractivity contribution in [2.45, 2.75) is 53.1 Å². The molecule has 0 saturated heterocycles. The number of nitrogens with zero attached hydrogens (tertiary/aromatic N) is 2. The van der Waals surface area contributed by atoms with Crippen molar-refractivity contribution in [3.8, 4) is 0 Å². The molecular formula is C14H25N3O2. The first-order chi connectivity index (χ1) is 9.10. The first kappa shape index (κ1) is 15.7. The second-order valence-electron chi connectivity index (χ2n) is 4.66. The highest BCUT2D eigenvalue weighted by Gasteiger charge is 2.19. The van der Waals surface area contributed by atoms with Gasteiger partial charge in [-0.1, -0.05) is 6.92 Å². The van der Waals surface area contributed by atoms with E-state index in [1.54, 1.807) is 0 Å². The SMILES string of the molecule is CCCNC(CCn1cnc(C)c1C)C(=O)OCC. The van der Waals surface area contributed by atoms with Crippen LogP contribution in [-0.4, -0.2) is 34.7 Å². The molecule has 0 saturated carbocycles. The summed E-state index contributed by atoms with van der Waals surface area (Å²) in [6, 6.07) is -0.234. The molecule has 1 atom stereocenters. The van der Waals surface area contributed by atoms with Crippen molar-refractivity contribution < 1.29 is 9.53 Å². The minimum atomic E-state index is -0.234. The number of hydrogen-bond donors (Lipinski definition) is 1. The van der Waals surface area contributed by atoms with Crippen LogP contribution in [0.5, 0.6) is 0 Å². The second-order valence-corrected chi connectivity index (χ2v) is 4.66. The van der Waals surface area contributed by atoms with Crippen molar-refractivity contribution in [1.29, 1.82) is 0 Å². The van der Waals surface area contributed by atoms with E-state index in [2.05, 4.69) is 21.8 Å². The molecule has 0 spiro atoms. The molecule has 1 rings (SSSR count). The summed E-state index contributed by atoms with van der Waals surface area (Å²) in [6.45, 7) is 9.96. The molecule has 0 aromatic carbocycles. The van der Waals surface area contributed by atoms with Gasteiger partial charge in [-0.3, -0.25) is 4.79 Å². The normalized spacial score (nSPS) is 12.4. The van der Waals surface area contributed by atoms with E-state index in [9.17, 15) is 4.79 Å². The number of aryl methyl sites for hydroxylation is 2. The fourth-order valence-electron chi connectivity index (χ4n) is 1.90. The van der Waals surface area contributed by atoms with Crippen LogP contribution < -0.4 is 5.32 Å². The van der Waals surface area contributed by atoms with E-state index in [4.69, 9.17) is 4.74 Å². The van der Waals surface area contributed by atoms with Crippen molar-refractivity contribution in [2.24, 2.45) is 0 Å². The molecule has 5 heteroatoms. The maximum Gasteiger partial charge on any atom is 0.323 e. The highest BCUT2D eigenvalue weighted by atomic mass is 16.5. The highest BCUT2D eigenvalue weighted by molar-refractivity contribution is 5.75. The van der Waals surface area contributed by atoms with Gasteiger partial charge < -0.3 is 14.6 Å². The minimum Gasteiger partial charge on any atom is -0.465 e. The van der Waals surface area contributed by atoms with Crippen LogP contribution in [0, 0.1) is 13.8 Å². The molecule has 0 fully saturated rings. The van der Waals surface area contributed by atoms with Crippen LogP contribution in [0.4, 0.5) is 0 Å². The number of hydrogen-bond acceptors (Lipinski definition) is 4. The molecule has 0 aliphatic heterocycles. The number of carbonyl (C=O) groups excluding carboxylic acids is 1. The van der Waals surface area contributed by atoms with Gasteiger partial charge in [0.15, 0.2) is 0 Å². The van der Waals surface area contributed by atoms with Crippen molar-refractivity contribution in [2.75, 3.05) is 13.2 Å².